The maximum absolute atomic E-state index is 12.3. The van der Waals surface area contributed by atoms with E-state index in [4.69, 9.17) is 0 Å². The molecule has 7 heteroatoms. The van der Waals surface area contributed by atoms with Gasteiger partial charge in [0.2, 0.25) is 5.91 Å². The Hall–Kier alpha value is -2.05. The average Bonchev–Trinajstić information content (AvgIpc) is 2.99. The Kier molecular flexibility index (Phi) is 5.05. The van der Waals surface area contributed by atoms with Crippen molar-refractivity contribution in [2.24, 2.45) is 5.92 Å². The number of carbonyl (C=O) groups is 2. The summed E-state index contributed by atoms with van der Waals surface area (Å²) in [5, 5.41) is 4.55. The molecule has 0 aromatic heterocycles. The van der Waals surface area contributed by atoms with Crippen LogP contribution >= 0.6 is 0 Å². The lowest BCUT2D eigenvalue weighted by atomic mass is 10.1. The molecular formula is C15H17F3N2O2. The first-order chi connectivity index (χ1) is 10.4. The minimum Gasteiger partial charge on any atom is -0.352 e. The molecule has 0 atom stereocenters. The third kappa shape index (κ3) is 4.22. The van der Waals surface area contributed by atoms with Crippen molar-refractivity contribution < 1.29 is 22.8 Å². The van der Waals surface area contributed by atoms with Gasteiger partial charge in [0.05, 0.1) is 0 Å². The molecule has 0 aliphatic heterocycles. The summed E-state index contributed by atoms with van der Waals surface area (Å²) < 4.78 is 36.9. The third-order valence-electron chi connectivity index (χ3n) is 3.70. The smallest absolute Gasteiger partial charge is 0.352 e. The monoisotopic (exact) mass is 314 g/mol. The number of carbonyl (C=O) groups excluding carboxylic acids is 2. The number of nitrogens with one attached hydrogen (secondary N) is 2. The number of hydrogen-bond acceptors (Lipinski definition) is 2. The maximum Gasteiger partial charge on any atom is 0.471 e. The zero-order chi connectivity index (χ0) is 16.2. The number of benzene rings is 1. The lowest BCUT2D eigenvalue weighted by Gasteiger charge is -2.14. The standard InChI is InChI=1S/C15H17F3N2O2/c16-15(17,18)14(22)20-12-8-4-3-7-11(12)9-19-13(21)10-5-1-2-6-10/h3-4,7-8,10H,1-2,5-6,9H2,(H,19,21)(H,20,22). The minimum absolute atomic E-state index is 0.0167. The second-order valence-corrected chi connectivity index (χ2v) is 5.31. The Morgan fingerprint density at radius 3 is 2.41 bits per heavy atom. The molecule has 1 fully saturated rings. The maximum atomic E-state index is 12.3. The fraction of sp³-hybridized carbons (Fsp3) is 0.467. The molecular weight excluding hydrogens is 297 g/mol. The highest BCUT2D eigenvalue weighted by molar-refractivity contribution is 5.95. The topological polar surface area (TPSA) is 58.2 Å². The van der Waals surface area contributed by atoms with E-state index in [0.717, 1.165) is 25.7 Å². The average molecular weight is 314 g/mol. The molecule has 1 saturated carbocycles. The Bertz CT molecular complexity index is 552. The van der Waals surface area contributed by atoms with Crippen molar-refractivity contribution in [3.8, 4) is 0 Å². The zero-order valence-electron chi connectivity index (χ0n) is 11.9. The second-order valence-electron chi connectivity index (χ2n) is 5.31. The van der Waals surface area contributed by atoms with Crippen molar-refractivity contribution in [3.05, 3.63) is 29.8 Å². The van der Waals surface area contributed by atoms with Crippen molar-refractivity contribution in [2.75, 3.05) is 5.32 Å². The first-order valence-corrected chi connectivity index (χ1v) is 7.11. The summed E-state index contributed by atoms with van der Waals surface area (Å²) in [5.74, 6) is -2.13. The van der Waals surface area contributed by atoms with Gasteiger partial charge in [-0.05, 0) is 24.5 Å². The number of anilines is 1. The van der Waals surface area contributed by atoms with Crippen LogP contribution in [0.5, 0.6) is 0 Å². The van der Waals surface area contributed by atoms with Crippen LogP contribution in [-0.2, 0) is 16.1 Å². The zero-order valence-corrected chi connectivity index (χ0v) is 11.9. The van der Waals surface area contributed by atoms with Gasteiger partial charge in [0, 0.05) is 18.2 Å². The van der Waals surface area contributed by atoms with Gasteiger partial charge in [0.15, 0.2) is 0 Å². The number of para-hydroxylation sites is 1. The Morgan fingerprint density at radius 1 is 1.14 bits per heavy atom. The molecule has 120 valence electrons. The molecule has 2 N–H and O–H groups in total. The SMILES string of the molecule is O=C(NCc1ccccc1NC(=O)C(F)(F)F)C1CCCC1. The fourth-order valence-electron chi connectivity index (χ4n) is 2.50. The van der Waals surface area contributed by atoms with E-state index in [2.05, 4.69) is 5.32 Å². The largest absolute Gasteiger partial charge is 0.471 e. The normalized spacial score (nSPS) is 15.6. The van der Waals surface area contributed by atoms with Gasteiger partial charge in [0.25, 0.3) is 0 Å². The summed E-state index contributed by atoms with van der Waals surface area (Å²) in [6, 6.07) is 6.11. The van der Waals surface area contributed by atoms with Crippen LogP contribution in [0.1, 0.15) is 31.2 Å². The molecule has 0 saturated heterocycles. The van der Waals surface area contributed by atoms with E-state index in [9.17, 15) is 22.8 Å². The van der Waals surface area contributed by atoms with E-state index in [-0.39, 0.29) is 24.1 Å². The van der Waals surface area contributed by atoms with Crippen LogP contribution in [0.2, 0.25) is 0 Å². The number of halogens is 3. The molecule has 1 aromatic rings. The van der Waals surface area contributed by atoms with Gasteiger partial charge in [0.1, 0.15) is 0 Å². The van der Waals surface area contributed by atoms with Crippen LogP contribution in [0.15, 0.2) is 24.3 Å². The summed E-state index contributed by atoms with van der Waals surface area (Å²) in [4.78, 5) is 22.9. The van der Waals surface area contributed by atoms with Crippen molar-refractivity contribution in [2.45, 2.75) is 38.4 Å². The highest BCUT2D eigenvalue weighted by Crippen LogP contribution is 2.25. The van der Waals surface area contributed by atoms with Crippen LogP contribution in [0.4, 0.5) is 18.9 Å². The summed E-state index contributed by atoms with van der Waals surface area (Å²) in [5.41, 5.74) is 0.489. The minimum atomic E-state index is -4.94. The Labute approximate surface area is 126 Å². The van der Waals surface area contributed by atoms with E-state index in [1.54, 1.807) is 12.1 Å². The van der Waals surface area contributed by atoms with Gasteiger partial charge in [-0.25, -0.2) is 0 Å². The molecule has 1 aliphatic carbocycles. The number of amides is 2. The van der Waals surface area contributed by atoms with E-state index >= 15 is 0 Å². The predicted molar refractivity (Wildman–Crippen MR) is 74.9 cm³/mol. The lowest BCUT2D eigenvalue weighted by Crippen LogP contribution is -2.32. The fourth-order valence-corrected chi connectivity index (χ4v) is 2.50. The van der Waals surface area contributed by atoms with Crippen LogP contribution in [0, 0.1) is 5.92 Å². The molecule has 1 aliphatic rings. The van der Waals surface area contributed by atoms with Crippen LogP contribution in [0.3, 0.4) is 0 Å². The van der Waals surface area contributed by atoms with Crippen molar-refractivity contribution in [3.63, 3.8) is 0 Å². The summed E-state index contributed by atoms with van der Waals surface area (Å²) >= 11 is 0. The predicted octanol–water partition coefficient (Wildman–Crippen LogP) is 2.99. The van der Waals surface area contributed by atoms with Crippen molar-refractivity contribution in [1.29, 1.82) is 0 Å². The van der Waals surface area contributed by atoms with Crippen molar-refractivity contribution >= 4 is 17.5 Å². The molecule has 0 heterocycles. The second kappa shape index (κ2) is 6.81. The van der Waals surface area contributed by atoms with Crippen molar-refractivity contribution in [1.82, 2.24) is 5.32 Å². The molecule has 0 spiro atoms. The molecule has 0 bridgehead atoms. The molecule has 0 radical (unpaired) electrons. The van der Waals surface area contributed by atoms with Gasteiger partial charge in [-0.2, -0.15) is 13.2 Å². The first kappa shape index (κ1) is 16.3. The van der Waals surface area contributed by atoms with Gasteiger partial charge in [-0.15, -0.1) is 0 Å². The molecule has 0 unspecified atom stereocenters. The number of rotatable bonds is 4. The Morgan fingerprint density at radius 2 is 1.77 bits per heavy atom. The highest BCUT2D eigenvalue weighted by Gasteiger charge is 2.38. The summed E-state index contributed by atoms with van der Waals surface area (Å²) in [6.07, 6.45) is -1.20. The van der Waals surface area contributed by atoms with Crippen LogP contribution < -0.4 is 10.6 Å². The van der Waals surface area contributed by atoms with E-state index in [1.165, 1.54) is 12.1 Å². The quantitative estimate of drug-likeness (QED) is 0.897. The van der Waals surface area contributed by atoms with Gasteiger partial charge in [-0.3, -0.25) is 9.59 Å². The first-order valence-electron chi connectivity index (χ1n) is 7.11. The van der Waals surface area contributed by atoms with Crippen LogP contribution in [-0.4, -0.2) is 18.0 Å². The lowest BCUT2D eigenvalue weighted by molar-refractivity contribution is -0.167. The molecule has 2 rings (SSSR count). The summed E-state index contributed by atoms with van der Waals surface area (Å²) in [7, 11) is 0. The van der Waals surface area contributed by atoms with Gasteiger partial charge < -0.3 is 10.6 Å². The number of alkyl halides is 3. The molecule has 1 aromatic carbocycles. The van der Waals surface area contributed by atoms with Gasteiger partial charge in [-0.1, -0.05) is 31.0 Å². The number of hydrogen-bond donors (Lipinski definition) is 2. The van der Waals surface area contributed by atoms with E-state index < -0.39 is 12.1 Å². The highest BCUT2D eigenvalue weighted by atomic mass is 19.4. The molecule has 22 heavy (non-hydrogen) atoms. The van der Waals surface area contributed by atoms with E-state index in [1.807, 2.05) is 5.32 Å². The van der Waals surface area contributed by atoms with E-state index in [0.29, 0.717) is 5.56 Å². The molecule has 2 amide bonds. The van der Waals surface area contributed by atoms with Crippen LogP contribution in [0.25, 0.3) is 0 Å². The van der Waals surface area contributed by atoms with Gasteiger partial charge >= 0.3 is 12.1 Å². The third-order valence-corrected chi connectivity index (χ3v) is 3.70. The Balaban J connectivity index is 1.99. The summed E-state index contributed by atoms with van der Waals surface area (Å²) in [6.45, 7) is 0.0869. The molecule has 4 nitrogen and oxygen atoms in total.